The smallest absolute Gasteiger partial charge is 0.305 e. The molecule has 0 aromatic carbocycles. The van der Waals surface area contributed by atoms with Crippen molar-refractivity contribution in [3.8, 4) is 0 Å². The lowest BCUT2D eigenvalue weighted by molar-refractivity contribution is -0.143. The fourth-order valence-corrected chi connectivity index (χ4v) is 12.6. The van der Waals surface area contributed by atoms with Gasteiger partial charge in [0.1, 0.15) is 0 Å². The van der Waals surface area contributed by atoms with Gasteiger partial charge in [-0.2, -0.15) is 0 Å². The zero-order chi connectivity index (χ0) is 61.3. The Morgan fingerprint density at radius 1 is 0.329 bits per heavy atom. The molecule has 0 fully saturated rings. The number of nitrogens with one attached hydrogen (secondary N) is 1. The summed E-state index contributed by atoms with van der Waals surface area (Å²) in [6.07, 6.45) is 95.5. The Balaban J connectivity index is 3.36. The number of ether oxygens (including phenoxy) is 1. The van der Waals surface area contributed by atoms with Gasteiger partial charge in [0.2, 0.25) is 5.91 Å². The van der Waals surface area contributed by atoms with Crippen LogP contribution in [0.2, 0.25) is 0 Å². The third kappa shape index (κ3) is 71.3. The van der Waals surface area contributed by atoms with Crippen molar-refractivity contribution in [2.24, 2.45) is 0 Å². The molecule has 0 aliphatic carbocycles. The molecule has 85 heavy (non-hydrogen) atoms. The van der Waals surface area contributed by atoms with Crippen LogP contribution in [0.4, 0.5) is 0 Å². The monoisotopic (exact) mass is 1200 g/mol. The molecule has 0 aromatic heterocycles. The minimum atomic E-state index is -0.663. The molecule has 0 spiro atoms. The van der Waals surface area contributed by atoms with E-state index >= 15 is 0 Å². The predicted octanol–water partition coefficient (Wildman–Crippen LogP) is 25.7. The van der Waals surface area contributed by atoms with Gasteiger partial charge in [-0.05, 0) is 57.8 Å². The van der Waals surface area contributed by atoms with E-state index in [0.717, 1.165) is 44.9 Å². The fraction of sp³-hybridized carbons (Fsp3) is 0.924. The van der Waals surface area contributed by atoms with Crippen molar-refractivity contribution in [1.29, 1.82) is 0 Å². The molecule has 0 aliphatic rings. The molecule has 0 bridgehead atoms. The standard InChI is InChI=1S/C79H153NO5/c1-3-5-7-9-11-13-15-17-18-19-39-42-45-48-51-55-59-63-67-71-77(82)76(75-81)80-78(83)72-68-64-60-56-52-49-46-43-40-37-35-33-31-29-27-25-23-21-20-22-24-26-28-30-32-34-36-38-41-44-47-50-54-58-62-66-70-74-85-79(84)73-69-65-61-57-53-16-14-12-10-8-6-4-2/h20,22,26,28,76-77,81-82H,3-19,21,23-25,27,29-75H2,1-2H3,(H,80,83)/b22-20-,28-26-. The zero-order valence-corrected chi connectivity index (χ0v) is 57.9. The average molecular weight is 1200 g/mol. The highest BCUT2D eigenvalue weighted by atomic mass is 16.5. The molecule has 3 N–H and O–H groups in total. The molecular weight excluding hydrogens is 1040 g/mol. The highest BCUT2D eigenvalue weighted by Crippen LogP contribution is 2.20. The van der Waals surface area contributed by atoms with Gasteiger partial charge in [0.15, 0.2) is 0 Å². The van der Waals surface area contributed by atoms with Crippen LogP contribution in [-0.4, -0.2) is 47.4 Å². The second kappa shape index (κ2) is 74.8. The Morgan fingerprint density at radius 2 is 0.588 bits per heavy atom. The molecule has 0 heterocycles. The van der Waals surface area contributed by atoms with E-state index in [1.54, 1.807) is 0 Å². The summed E-state index contributed by atoms with van der Waals surface area (Å²) in [5.41, 5.74) is 0. The summed E-state index contributed by atoms with van der Waals surface area (Å²) in [7, 11) is 0. The summed E-state index contributed by atoms with van der Waals surface area (Å²) in [5.74, 6) is -0.00719. The number of unbranched alkanes of at least 4 members (excludes halogenated alkanes) is 59. The molecule has 0 aliphatic heterocycles. The fourth-order valence-electron chi connectivity index (χ4n) is 12.6. The van der Waals surface area contributed by atoms with Gasteiger partial charge in [0.05, 0.1) is 25.4 Å². The van der Waals surface area contributed by atoms with Gasteiger partial charge >= 0.3 is 5.97 Å². The minimum Gasteiger partial charge on any atom is -0.466 e. The molecule has 0 rings (SSSR count). The van der Waals surface area contributed by atoms with E-state index in [1.807, 2.05) is 0 Å². The van der Waals surface area contributed by atoms with Crippen LogP contribution >= 0.6 is 0 Å². The molecule has 0 radical (unpaired) electrons. The molecular formula is C79H153NO5. The quantitative estimate of drug-likeness (QED) is 0.0320. The molecule has 6 heteroatoms. The van der Waals surface area contributed by atoms with E-state index in [2.05, 4.69) is 43.5 Å². The number of rotatable bonds is 74. The Labute approximate surface area is 532 Å². The van der Waals surface area contributed by atoms with Crippen molar-refractivity contribution in [3.63, 3.8) is 0 Å². The first-order chi connectivity index (χ1) is 42.0. The predicted molar refractivity (Wildman–Crippen MR) is 375 cm³/mol. The lowest BCUT2D eigenvalue weighted by Gasteiger charge is -2.22. The number of carbonyl (C=O) groups is 2. The van der Waals surface area contributed by atoms with E-state index in [0.29, 0.717) is 25.9 Å². The highest BCUT2D eigenvalue weighted by Gasteiger charge is 2.20. The van der Waals surface area contributed by atoms with Crippen LogP contribution in [0.5, 0.6) is 0 Å². The van der Waals surface area contributed by atoms with Gasteiger partial charge in [-0.3, -0.25) is 9.59 Å². The summed E-state index contributed by atoms with van der Waals surface area (Å²) < 4.78 is 5.49. The summed E-state index contributed by atoms with van der Waals surface area (Å²) in [4.78, 5) is 24.6. The average Bonchev–Trinajstić information content (AvgIpc) is 3.53. The van der Waals surface area contributed by atoms with Crippen LogP contribution in [0.1, 0.15) is 444 Å². The Kier molecular flexibility index (Phi) is 73.3. The highest BCUT2D eigenvalue weighted by molar-refractivity contribution is 5.76. The lowest BCUT2D eigenvalue weighted by atomic mass is 10.0. The first-order valence-electron chi connectivity index (χ1n) is 39.1. The molecule has 0 saturated carbocycles. The van der Waals surface area contributed by atoms with E-state index < -0.39 is 12.1 Å². The van der Waals surface area contributed by atoms with Crippen molar-refractivity contribution < 1.29 is 24.5 Å². The summed E-state index contributed by atoms with van der Waals surface area (Å²) in [5, 5.41) is 23.4. The minimum absolute atomic E-state index is 0.0203. The molecule has 2 unspecified atom stereocenters. The number of carbonyl (C=O) groups excluding carboxylic acids is 2. The van der Waals surface area contributed by atoms with Crippen LogP contribution in [0, 0.1) is 0 Å². The maximum absolute atomic E-state index is 12.6. The lowest BCUT2D eigenvalue weighted by Crippen LogP contribution is -2.45. The first-order valence-corrected chi connectivity index (χ1v) is 39.1. The van der Waals surface area contributed by atoms with Gasteiger partial charge in [-0.1, -0.05) is 398 Å². The molecule has 504 valence electrons. The summed E-state index contributed by atoms with van der Waals surface area (Å²) >= 11 is 0. The van der Waals surface area contributed by atoms with Gasteiger partial charge < -0.3 is 20.3 Å². The third-order valence-electron chi connectivity index (χ3n) is 18.5. The van der Waals surface area contributed by atoms with Gasteiger partial charge in [-0.15, -0.1) is 0 Å². The van der Waals surface area contributed by atoms with Gasteiger partial charge in [0, 0.05) is 12.8 Å². The third-order valence-corrected chi connectivity index (χ3v) is 18.5. The normalized spacial score (nSPS) is 12.6. The van der Waals surface area contributed by atoms with Crippen LogP contribution in [0.3, 0.4) is 0 Å². The number of aliphatic hydroxyl groups is 2. The van der Waals surface area contributed by atoms with Crippen molar-refractivity contribution in [3.05, 3.63) is 24.3 Å². The number of hydrogen-bond acceptors (Lipinski definition) is 5. The summed E-state index contributed by atoms with van der Waals surface area (Å²) in [6, 6.07) is -0.540. The van der Waals surface area contributed by atoms with Gasteiger partial charge in [0.25, 0.3) is 0 Å². The molecule has 0 saturated heterocycles. The van der Waals surface area contributed by atoms with E-state index in [1.165, 1.54) is 366 Å². The Morgan fingerprint density at radius 3 is 0.894 bits per heavy atom. The molecule has 6 nitrogen and oxygen atoms in total. The van der Waals surface area contributed by atoms with E-state index in [9.17, 15) is 19.8 Å². The van der Waals surface area contributed by atoms with Crippen LogP contribution in [0.25, 0.3) is 0 Å². The Bertz CT molecular complexity index is 1330. The molecule has 2 atom stereocenters. The van der Waals surface area contributed by atoms with E-state index in [4.69, 9.17) is 4.74 Å². The first kappa shape index (κ1) is 83.3. The van der Waals surface area contributed by atoms with Crippen molar-refractivity contribution in [2.75, 3.05) is 13.2 Å². The van der Waals surface area contributed by atoms with E-state index in [-0.39, 0.29) is 18.5 Å². The number of amides is 1. The Hall–Kier alpha value is -1.66. The number of esters is 1. The van der Waals surface area contributed by atoms with Crippen LogP contribution < -0.4 is 5.32 Å². The number of hydrogen-bond donors (Lipinski definition) is 3. The number of aliphatic hydroxyl groups excluding tert-OH is 2. The van der Waals surface area contributed by atoms with Crippen molar-refractivity contribution in [1.82, 2.24) is 5.32 Å². The maximum Gasteiger partial charge on any atom is 0.305 e. The summed E-state index contributed by atoms with van der Waals surface area (Å²) in [6.45, 7) is 5.00. The zero-order valence-electron chi connectivity index (χ0n) is 57.9. The topological polar surface area (TPSA) is 95.9 Å². The van der Waals surface area contributed by atoms with Crippen molar-refractivity contribution in [2.45, 2.75) is 456 Å². The largest absolute Gasteiger partial charge is 0.466 e. The van der Waals surface area contributed by atoms with Crippen LogP contribution in [0.15, 0.2) is 24.3 Å². The van der Waals surface area contributed by atoms with Gasteiger partial charge in [-0.25, -0.2) is 0 Å². The second-order valence-electron chi connectivity index (χ2n) is 27.0. The SMILES string of the molecule is CCCCCCCCCCCCCCCCCCCCCC(O)C(CO)NC(=O)CCCCCCCCCCCCCCCCCCC/C=C\C/C=C\CCCCCCCCCCCCCCCOC(=O)CCCCCCCCCCCCCC. The number of allylic oxidation sites excluding steroid dienone is 4. The van der Waals surface area contributed by atoms with Crippen LogP contribution in [-0.2, 0) is 14.3 Å². The second-order valence-corrected chi connectivity index (χ2v) is 27.0. The maximum atomic E-state index is 12.6. The van der Waals surface area contributed by atoms with Crippen molar-refractivity contribution >= 4 is 11.9 Å². The molecule has 1 amide bonds. The molecule has 0 aromatic rings.